The molecule has 2 unspecified atom stereocenters. The molecule has 0 aromatic rings. The van der Waals surface area contributed by atoms with E-state index in [9.17, 15) is 5.11 Å². The fourth-order valence-corrected chi connectivity index (χ4v) is 1.37. The number of rotatable bonds is 8. The molecular formula is C11H25NO2. The second kappa shape index (κ2) is 7.21. The van der Waals surface area contributed by atoms with Gasteiger partial charge in [-0.2, -0.15) is 0 Å². The van der Waals surface area contributed by atoms with Crippen LogP contribution in [0.5, 0.6) is 0 Å². The van der Waals surface area contributed by atoms with E-state index in [0.717, 1.165) is 19.4 Å². The van der Waals surface area contributed by atoms with E-state index < -0.39 is 5.60 Å². The lowest BCUT2D eigenvalue weighted by molar-refractivity contribution is 0.0419. The van der Waals surface area contributed by atoms with Crippen molar-refractivity contribution in [2.45, 2.75) is 52.2 Å². The molecule has 0 radical (unpaired) electrons. The highest BCUT2D eigenvalue weighted by Crippen LogP contribution is 2.10. The molecule has 0 bridgehead atoms. The molecule has 0 aromatic carbocycles. The van der Waals surface area contributed by atoms with Crippen LogP contribution in [-0.4, -0.2) is 36.5 Å². The molecule has 0 rings (SSSR count). The molecule has 0 aromatic heterocycles. The van der Waals surface area contributed by atoms with Crippen molar-refractivity contribution in [2.24, 2.45) is 0 Å². The van der Waals surface area contributed by atoms with Gasteiger partial charge < -0.3 is 15.2 Å². The predicted molar refractivity (Wildman–Crippen MR) is 59.5 cm³/mol. The molecule has 0 aliphatic rings. The van der Waals surface area contributed by atoms with Crippen LogP contribution >= 0.6 is 0 Å². The lowest BCUT2D eigenvalue weighted by Crippen LogP contribution is -2.43. The summed E-state index contributed by atoms with van der Waals surface area (Å²) >= 11 is 0. The number of hydrogen-bond acceptors (Lipinski definition) is 3. The Bertz CT molecular complexity index is 137. The number of hydrogen-bond donors (Lipinski definition) is 2. The van der Waals surface area contributed by atoms with Gasteiger partial charge in [-0.3, -0.25) is 0 Å². The molecule has 0 heterocycles. The second-order valence-corrected chi connectivity index (χ2v) is 4.19. The van der Waals surface area contributed by atoms with Crippen LogP contribution in [0.2, 0.25) is 0 Å². The van der Waals surface area contributed by atoms with E-state index in [2.05, 4.69) is 19.2 Å². The van der Waals surface area contributed by atoms with E-state index >= 15 is 0 Å². The van der Waals surface area contributed by atoms with Crippen molar-refractivity contribution in [1.82, 2.24) is 5.32 Å². The molecular weight excluding hydrogens is 178 g/mol. The van der Waals surface area contributed by atoms with E-state index in [1.807, 2.05) is 13.8 Å². The van der Waals surface area contributed by atoms with Crippen molar-refractivity contribution in [3.05, 3.63) is 0 Å². The number of nitrogens with one attached hydrogen (secondary N) is 1. The maximum atomic E-state index is 9.89. The molecule has 0 spiro atoms. The molecule has 0 saturated heterocycles. The third-order valence-corrected chi connectivity index (χ3v) is 2.19. The van der Waals surface area contributed by atoms with Gasteiger partial charge in [0.1, 0.15) is 0 Å². The largest absolute Gasteiger partial charge is 0.389 e. The fraction of sp³-hybridized carbons (Fsp3) is 1.00. The molecule has 86 valence electrons. The zero-order chi connectivity index (χ0) is 11.0. The first-order valence-corrected chi connectivity index (χ1v) is 5.55. The van der Waals surface area contributed by atoms with Crippen molar-refractivity contribution in [3.63, 3.8) is 0 Å². The Labute approximate surface area is 87.8 Å². The van der Waals surface area contributed by atoms with Crippen molar-refractivity contribution < 1.29 is 9.84 Å². The van der Waals surface area contributed by atoms with Gasteiger partial charge in [-0.05, 0) is 27.2 Å². The van der Waals surface area contributed by atoms with Gasteiger partial charge in [-0.15, -0.1) is 0 Å². The van der Waals surface area contributed by atoms with Crippen LogP contribution in [0.4, 0.5) is 0 Å². The first kappa shape index (κ1) is 13.9. The maximum absolute atomic E-state index is 9.89. The molecule has 2 atom stereocenters. The van der Waals surface area contributed by atoms with E-state index in [0.29, 0.717) is 19.2 Å². The Balaban J connectivity index is 3.58. The number of aliphatic hydroxyl groups is 1. The highest BCUT2D eigenvalue weighted by Gasteiger charge is 2.19. The monoisotopic (exact) mass is 203 g/mol. The van der Waals surface area contributed by atoms with Crippen LogP contribution in [0.25, 0.3) is 0 Å². The topological polar surface area (TPSA) is 41.5 Å². The Hall–Kier alpha value is -0.120. The molecule has 0 fully saturated rings. The molecule has 0 aliphatic carbocycles. The van der Waals surface area contributed by atoms with Crippen LogP contribution in [0.15, 0.2) is 0 Å². The summed E-state index contributed by atoms with van der Waals surface area (Å²) < 4.78 is 5.28. The van der Waals surface area contributed by atoms with Gasteiger partial charge >= 0.3 is 0 Å². The SMILES string of the molecule is CCCC(C)(O)CNC(C)COCC. The molecule has 14 heavy (non-hydrogen) atoms. The average molecular weight is 203 g/mol. The van der Waals surface area contributed by atoms with Gasteiger partial charge in [0.2, 0.25) is 0 Å². The van der Waals surface area contributed by atoms with Gasteiger partial charge in [-0.1, -0.05) is 13.3 Å². The molecule has 3 nitrogen and oxygen atoms in total. The molecule has 0 aliphatic heterocycles. The van der Waals surface area contributed by atoms with Crippen molar-refractivity contribution in [3.8, 4) is 0 Å². The van der Waals surface area contributed by atoms with Gasteiger partial charge in [0.25, 0.3) is 0 Å². The average Bonchev–Trinajstić information content (AvgIpc) is 2.11. The lowest BCUT2D eigenvalue weighted by Gasteiger charge is -2.25. The van der Waals surface area contributed by atoms with Gasteiger partial charge in [-0.25, -0.2) is 0 Å². The van der Waals surface area contributed by atoms with Crippen LogP contribution in [0.3, 0.4) is 0 Å². The van der Waals surface area contributed by atoms with Crippen LogP contribution in [0, 0.1) is 0 Å². The Morgan fingerprint density at radius 2 is 2.07 bits per heavy atom. The van der Waals surface area contributed by atoms with Gasteiger partial charge in [0.15, 0.2) is 0 Å². The van der Waals surface area contributed by atoms with Crippen LogP contribution in [-0.2, 0) is 4.74 Å². The third-order valence-electron chi connectivity index (χ3n) is 2.19. The highest BCUT2D eigenvalue weighted by molar-refractivity contribution is 4.76. The molecule has 0 amide bonds. The minimum absolute atomic E-state index is 0.304. The quantitative estimate of drug-likeness (QED) is 0.629. The van der Waals surface area contributed by atoms with Crippen molar-refractivity contribution in [2.75, 3.05) is 19.8 Å². The molecule has 2 N–H and O–H groups in total. The Morgan fingerprint density at radius 1 is 1.43 bits per heavy atom. The van der Waals surface area contributed by atoms with Crippen LogP contribution in [0.1, 0.15) is 40.5 Å². The fourth-order valence-electron chi connectivity index (χ4n) is 1.37. The lowest BCUT2D eigenvalue weighted by atomic mass is 10.0. The zero-order valence-electron chi connectivity index (χ0n) is 9.97. The Morgan fingerprint density at radius 3 is 2.57 bits per heavy atom. The summed E-state index contributed by atoms with van der Waals surface area (Å²) in [5, 5.41) is 13.2. The summed E-state index contributed by atoms with van der Waals surface area (Å²) in [7, 11) is 0. The van der Waals surface area contributed by atoms with Gasteiger partial charge in [0.05, 0.1) is 12.2 Å². The van der Waals surface area contributed by atoms with Gasteiger partial charge in [0, 0.05) is 19.2 Å². The summed E-state index contributed by atoms with van der Waals surface area (Å²) in [6.07, 6.45) is 1.84. The number of ether oxygens (including phenoxy) is 1. The maximum Gasteiger partial charge on any atom is 0.0743 e. The summed E-state index contributed by atoms with van der Waals surface area (Å²) in [4.78, 5) is 0. The summed E-state index contributed by atoms with van der Waals surface area (Å²) in [5.41, 5.74) is -0.588. The summed E-state index contributed by atoms with van der Waals surface area (Å²) in [6, 6.07) is 0.304. The molecule has 3 heteroatoms. The van der Waals surface area contributed by atoms with E-state index in [-0.39, 0.29) is 0 Å². The minimum Gasteiger partial charge on any atom is -0.389 e. The molecule has 0 saturated carbocycles. The van der Waals surface area contributed by atoms with Crippen molar-refractivity contribution in [1.29, 1.82) is 0 Å². The third kappa shape index (κ3) is 7.30. The van der Waals surface area contributed by atoms with Crippen molar-refractivity contribution >= 4 is 0 Å². The summed E-state index contributed by atoms with van der Waals surface area (Å²) in [5.74, 6) is 0. The Kier molecular flexibility index (Phi) is 7.15. The second-order valence-electron chi connectivity index (χ2n) is 4.19. The van der Waals surface area contributed by atoms with Crippen LogP contribution < -0.4 is 5.32 Å². The first-order chi connectivity index (χ1) is 6.52. The van der Waals surface area contributed by atoms with E-state index in [1.165, 1.54) is 0 Å². The minimum atomic E-state index is -0.588. The first-order valence-electron chi connectivity index (χ1n) is 5.55. The smallest absolute Gasteiger partial charge is 0.0743 e. The standard InChI is InChI=1S/C11H25NO2/c1-5-7-11(4,13)9-12-10(3)8-14-6-2/h10,12-13H,5-9H2,1-4H3. The predicted octanol–water partition coefficient (Wildman–Crippen LogP) is 1.55. The zero-order valence-corrected chi connectivity index (χ0v) is 9.97. The van der Waals surface area contributed by atoms with E-state index in [1.54, 1.807) is 0 Å². The highest BCUT2D eigenvalue weighted by atomic mass is 16.5. The van der Waals surface area contributed by atoms with E-state index in [4.69, 9.17) is 4.74 Å². The normalized spacial score (nSPS) is 17.8. The summed E-state index contributed by atoms with van der Waals surface area (Å²) in [6.45, 7) is 10.1.